The molecule has 0 aliphatic carbocycles. The Morgan fingerprint density at radius 1 is 1.18 bits per heavy atom. The molecule has 0 unspecified atom stereocenters. The van der Waals surface area contributed by atoms with E-state index >= 15 is 0 Å². The smallest absolute Gasteiger partial charge is 0.263 e. The monoisotopic (exact) mass is 487 g/mol. The molecule has 0 fully saturated rings. The van der Waals surface area contributed by atoms with Crippen molar-refractivity contribution in [3.05, 3.63) is 71.3 Å². The Labute approximate surface area is 194 Å². The summed E-state index contributed by atoms with van der Waals surface area (Å²) < 4.78 is 41.1. The summed E-state index contributed by atoms with van der Waals surface area (Å²) in [4.78, 5) is 30.9. The van der Waals surface area contributed by atoms with Crippen molar-refractivity contribution in [2.45, 2.75) is 19.4 Å². The van der Waals surface area contributed by atoms with Crippen LogP contribution in [0.3, 0.4) is 0 Å². The molecule has 2 heterocycles. The van der Waals surface area contributed by atoms with E-state index in [1.54, 1.807) is 28.8 Å². The van der Waals surface area contributed by atoms with Crippen molar-refractivity contribution in [2.75, 3.05) is 23.0 Å². The van der Waals surface area contributed by atoms with Gasteiger partial charge in [0.1, 0.15) is 17.3 Å². The van der Waals surface area contributed by atoms with E-state index in [1.165, 1.54) is 17.0 Å². The number of para-hydroxylation sites is 1. The van der Waals surface area contributed by atoms with Crippen molar-refractivity contribution < 1.29 is 22.4 Å². The SMILES string of the molecule is C=CCn1c(=NC(=O)CS(=O)(=O)CC(=O)N2CCCc3ccccc32)sc2cc(F)ccc21. The van der Waals surface area contributed by atoms with Crippen LogP contribution >= 0.6 is 11.3 Å². The summed E-state index contributed by atoms with van der Waals surface area (Å²) in [6, 6.07) is 11.6. The predicted octanol–water partition coefficient (Wildman–Crippen LogP) is 2.85. The zero-order valence-corrected chi connectivity index (χ0v) is 19.4. The van der Waals surface area contributed by atoms with Crippen LogP contribution in [0.4, 0.5) is 10.1 Å². The molecule has 2 aromatic carbocycles. The summed E-state index contributed by atoms with van der Waals surface area (Å²) in [6.07, 6.45) is 3.17. The number of allylic oxidation sites excluding steroid dienone is 1. The number of hydrogen-bond acceptors (Lipinski definition) is 5. The first-order valence-corrected chi connectivity index (χ1v) is 13.0. The second kappa shape index (κ2) is 9.40. The molecule has 4 rings (SSSR count). The summed E-state index contributed by atoms with van der Waals surface area (Å²) in [6.45, 7) is 4.43. The Balaban J connectivity index is 1.54. The fourth-order valence-electron chi connectivity index (χ4n) is 3.87. The number of aromatic nitrogens is 1. The summed E-state index contributed by atoms with van der Waals surface area (Å²) in [5.41, 5.74) is 2.37. The van der Waals surface area contributed by atoms with Gasteiger partial charge in [0.25, 0.3) is 5.91 Å². The maximum Gasteiger partial charge on any atom is 0.263 e. The lowest BCUT2D eigenvalue weighted by atomic mass is 10.0. The van der Waals surface area contributed by atoms with Crippen molar-refractivity contribution in [2.24, 2.45) is 4.99 Å². The van der Waals surface area contributed by atoms with Gasteiger partial charge in [0.15, 0.2) is 14.6 Å². The van der Waals surface area contributed by atoms with Gasteiger partial charge in [0.05, 0.1) is 10.2 Å². The Bertz CT molecular complexity index is 1420. The maximum atomic E-state index is 13.6. The lowest BCUT2D eigenvalue weighted by Gasteiger charge is -2.29. The van der Waals surface area contributed by atoms with E-state index in [0.717, 1.165) is 29.7 Å². The van der Waals surface area contributed by atoms with Gasteiger partial charge >= 0.3 is 0 Å². The average Bonchev–Trinajstić information content (AvgIpc) is 3.08. The number of rotatable bonds is 6. The van der Waals surface area contributed by atoms with Gasteiger partial charge in [-0.25, -0.2) is 12.8 Å². The highest BCUT2D eigenvalue weighted by Gasteiger charge is 2.28. The van der Waals surface area contributed by atoms with Crippen LogP contribution in [0.5, 0.6) is 0 Å². The predicted molar refractivity (Wildman–Crippen MR) is 126 cm³/mol. The van der Waals surface area contributed by atoms with E-state index in [2.05, 4.69) is 11.6 Å². The van der Waals surface area contributed by atoms with E-state index in [9.17, 15) is 22.4 Å². The molecular formula is C23H22FN3O4S2. The maximum absolute atomic E-state index is 13.6. The highest BCUT2D eigenvalue weighted by atomic mass is 32.2. The summed E-state index contributed by atoms with van der Waals surface area (Å²) in [7, 11) is -4.03. The van der Waals surface area contributed by atoms with Gasteiger partial charge in [-0.1, -0.05) is 35.6 Å². The minimum atomic E-state index is -4.03. The molecule has 0 saturated heterocycles. The number of thiazole rings is 1. The van der Waals surface area contributed by atoms with Gasteiger partial charge in [-0.3, -0.25) is 9.59 Å². The van der Waals surface area contributed by atoms with E-state index in [4.69, 9.17) is 0 Å². The van der Waals surface area contributed by atoms with Crippen molar-refractivity contribution in [1.29, 1.82) is 0 Å². The molecule has 1 aromatic heterocycles. The molecule has 33 heavy (non-hydrogen) atoms. The molecular weight excluding hydrogens is 465 g/mol. The quantitative estimate of drug-likeness (QED) is 0.500. The number of anilines is 1. The standard InChI is InChI=1S/C23H22FN3O4S2/c1-2-11-27-19-10-9-17(24)13-20(19)32-23(27)25-21(28)14-33(30,31)15-22(29)26-12-5-7-16-6-3-4-8-18(16)26/h2-4,6,8-10,13H,1,5,7,11-12,14-15H2. The number of aryl methyl sites for hydroxylation is 1. The van der Waals surface area contributed by atoms with Crippen LogP contribution in [-0.2, 0) is 32.4 Å². The fraction of sp³-hybridized carbons (Fsp3) is 0.261. The number of sulfone groups is 1. The van der Waals surface area contributed by atoms with Crippen molar-refractivity contribution in [3.63, 3.8) is 0 Å². The zero-order chi connectivity index (χ0) is 23.6. The molecule has 0 bridgehead atoms. The highest BCUT2D eigenvalue weighted by molar-refractivity contribution is 7.92. The third-order valence-electron chi connectivity index (χ3n) is 5.27. The molecule has 172 valence electrons. The summed E-state index contributed by atoms with van der Waals surface area (Å²) in [5, 5.41) is 0. The number of carbonyl (C=O) groups excluding carboxylic acids is 2. The Hall–Kier alpha value is -3.11. The van der Waals surface area contributed by atoms with E-state index in [0.29, 0.717) is 29.0 Å². The van der Waals surface area contributed by atoms with Crippen LogP contribution in [0.15, 0.2) is 60.1 Å². The molecule has 0 saturated carbocycles. The Kier molecular flexibility index (Phi) is 6.57. The molecule has 0 atom stereocenters. The van der Waals surface area contributed by atoms with Crippen LogP contribution in [0.25, 0.3) is 10.2 Å². The fourth-order valence-corrected chi connectivity index (χ4v) is 6.03. The van der Waals surface area contributed by atoms with Gasteiger partial charge in [-0.05, 0) is 42.7 Å². The van der Waals surface area contributed by atoms with Crippen molar-refractivity contribution >= 4 is 48.9 Å². The highest BCUT2D eigenvalue weighted by Crippen LogP contribution is 2.27. The first-order valence-electron chi connectivity index (χ1n) is 10.3. The van der Waals surface area contributed by atoms with E-state index in [-0.39, 0.29) is 4.80 Å². The van der Waals surface area contributed by atoms with Crippen LogP contribution in [0.1, 0.15) is 12.0 Å². The number of halogens is 1. The van der Waals surface area contributed by atoms with Crippen LogP contribution < -0.4 is 9.70 Å². The third kappa shape index (κ3) is 5.12. The van der Waals surface area contributed by atoms with E-state index < -0.39 is 39.0 Å². The van der Waals surface area contributed by atoms with Gasteiger partial charge in [0, 0.05) is 18.8 Å². The molecule has 1 aliphatic rings. The molecule has 10 heteroatoms. The molecule has 7 nitrogen and oxygen atoms in total. The Morgan fingerprint density at radius 3 is 2.76 bits per heavy atom. The number of nitrogens with zero attached hydrogens (tertiary/aromatic N) is 3. The zero-order valence-electron chi connectivity index (χ0n) is 17.7. The number of benzene rings is 2. The summed E-state index contributed by atoms with van der Waals surface area (Å²) >= 11 is 1.08. The average molecular weight is 488 g/mol. The molecule has 1 aliphatic heterocycles. The topological polar surface area (TPSA) is 88.8 Å². The number of amides is 2. The van der Waals surface area contributed by atoms with Gasteiger partial charge in [-0.15, -0.1) is 6.58 Å². The largest absolute Gasteiger partial charge is 0.313 e. The lowest BCUT2D eigenvalue weighted by Crippen LogP contribution is -2.40. The lowest BCUT2D eigenvalue weighted by molar-refractivity contribution is -0.116. The van der Waals surface area contributed by atoms with Gasteiger partial charge in [0.2, 0.25) is 5.91 Å². The van der Waals surface area contributed by atoms with E-state index in [1.807, 2.05) is 12.1 Å². The van der Waals surface area contributed by atoms with Crippen molar-refractivity contribution in [3.8, 4) is 0 Å². The minimum Gasteiger partial charge on any atom is -0.313 e. The second-order valence-electron chi connectivity index (χ2n) is 7.71. The van der Waals surface area contributed by atoms with Gasteiger partial charge < -0.3 is 9.47 Å². The molecule has 3 aromatic rings. The first-order chi connectivity index (χ1) is 15.8. The van der Waals surface area contributed by atoms with Crippen LogP contribution in [0.2, 0.25) is 0 Å². The van der Waals surface area contributed by atoms with Gasteiger partial charge in [-0.2, -0.15) is 4.99 Å². The molecule has 2 amide bonds. The van der Waals surface area contributed by atoms with Crippen LogP contribution in [-0.4, -0.2) is 42.8 Å². The molecule has 0 N–H and O–H groups in total. The molecule has 0 radical (unpaired) electrons. The van der Waals surface area contributed by atoms with Crippen molar-refractivity contribution in [1.82, 2.24) is 4.57 Å². The summed E-state index contributed by atoms with van der Waals surface area (Å²) in [5.74, 6) is -3.52. The van der Waals surface area contributed by atoms with Crippen LogP contribution in [0, 0.1) is 5.82 Å². The normalized spacial score (nSPS) is 14.3. The minimum absolute atomic E-state index is 0.243. The second-order valence-corrected chi connectivity index (χ2v) is 10.8. The molecule has 0 spiro atoms. The Morgan fingerprint density at radius 2 is 1.97 bits per heavy atom. The number of fused-ring (bicyclic) bond motifs is 2. The first kappa shape index (κ1) is 23.1. The third-order valence-corrected chi connectivity index (χ3v) is 7.69. The number of carbonyl (C=O) groups is 2. The number of hydrogen-bond donors (Lipinski definition) is 0.